The van der Waals surface area contributed by atoms with Crippen molar-refractivity contribution >= 4 is 5.91 Å². The molecule has 1 saturated heterocycles. The van der Waals surface area contributed by atoms with Crippen LogP contribution in [0.4, 0.5) is 4.39 Å². The molecule has 0 radical (unpaired) electrons. The molecule has 1 amide bonds. The molecular weight excluding hydrogens is 399 g/mol. The van der Waals surface area contributed by atoms with Gasteiger partial charge in [0.05, 0.1) is 12.7 Å². The van der Waals surface area contributed by atoms with E-state index in [-0.39, 0.29) is 17.4 Å². The van der Waals surface area contributed by atoms with Gasteiger partial charge in [0.2, 0.25) is 11.8 Å². The van der Waals surface area contributed by atoms with Gasteiger partial charge in [-0.15, -0.1) is 5.10 Å². The van der Waals surface area contributed by atoms with Gasteiger partial charge in [0.1, 0.15) is 5.75 Å². The van der Waals surface area contributed by atoms with Crippen molar-refractivity contribution in [1.29, 1.82) is 0 Å². The summed E-state index contributed by atoms with van der Waals surface area (Å²) < 4.78 is 27.0. The predicted molar refractivity (Wildman–Crippen MR) is 114 cm³/mol. The van der Waals surface area contributed by atoms with Gasteiger partial charge in [-0.25, -0.2) is 4.39 Å². The van der Waals surface area contributed by atoms with Crippen molar-refractivity contribution in [2.75, 3.05) is 13.7 Å². The average molecular weight is 424 g/mol. The van der Waals surface area contributed by atoms with Crippen LogP contribution in [0.5, 0.6) is 17.4 Å². The van der Waals surface area contributed by atoms with Gasteiger partial charge in [0.15, 0.2) is 11.6 Å². The molecule has 162 valence electrons. The Kier molecular flexibility index (Phi) is 5.90. The first kappa shape index (κ1) is 20.9. The molecule has 0 aliphatic carbocycles. The number of primary amides is 1. The Hall–Kier alpha value is -3.39. The van der Waals surface area contributed by atoms with Crippen LogP contribution in [-0.4, -0.2) is 34.2 Å². The molecule has 7 nitrogen and oxygen atoms in total. The molecule has 0 unspecified atom stereocenters. The van der Waals surface area contributed by atoms with E-state index in [0.717, 1.165) is 43.1 Å². The molecule has 1 aliphatic rings. The summed E-state index contributed by atoms with van der Waals surface area (Å²) in [6.07, 6.45) is 4.20. The Morgan fingerprint density at radius 2 is 2.03 bits per heavy atom. The number of hydrogen-bond donors (Lipinski definition) is 1. The molecule has 2 heterocycles. The number of likely N-dealkylation sites (tertiary alicyclic amines) is 1. The second kappa shape index (κ2) is 8.77. The highest BCUT2D eigenvalue weighted by atomic mass is 19.1. The van der Waals surface area contributed by atoms with Crippen LogP contribution in [0, 0.1) is 5.82 Å². The van der Waals surface area contributed by atoms with Crippen molar-refractivity contribution in [2.24, 2.45) is 12.8 Å². The molecule has 1 aliphatic heterocycles. The van der Waals surface area contributed by atoms with Gasteiger partial charge in [-0.3, -0.25) is 14.4 Å². The number of aryl methyl sites for hydroxylation is 1. The molecular formula is C23H25FN4O3. The lowest BCUT2D eigenvalue weighted by atomic mass is 10.1. The summed E-state index contributed by atoms with van der Waals surface area (Å²) in [5.74, 6) is -0.0837. The van der Waals surface area contributed by atoms with Gasteiger partial charge in [0.25, 0.3) is 0 Å². The lowest BCUT2D eigenvalue weighted by Gasteiger charge is -2.24. The number of aromatic nitrogens is 2. The van der Waals surface area contributed by atoms with E-state index in [2.05, 4.69) is 10.00 Å². The van der Waals surface area contributed by atoms with Crippen molar-refractivity contribution in [1.82, 2.24) is 14.7 Å². The smallest absolute Gasteiger partial charge is 0.248 e. The van der Waals surface area contributed by atoms with E-state index in [9.17, 15) is 9.18 Å². The third-order valence-electron chi connectivity index (χ3n) is 5.49. The molecule has 1 atom stereocenters. The van der Waals surface area contributed by atoms with Crippen LogP contribution in [0.1, 0.15) is 40.4 Å². The van der Waals surface area contributed by atoms with Gasteiger partial charge in [-0.05, 0) is 55.3 Å². The van der Waals surface area contributed by atoms with Crippen molar-refractivity contribution in [2.45, 2.75) is 25.4 Å². The van der Waals surface area contributed by atoms with Gasteiger partial charge < -0.3 is 15.2 Å². The van der Waals surface area contributed by atoms with Crippen LogP contribution in [0.25, 0.3) is 0 Å². The minimum atomic E-state index is -0.682. The van der Waals surface area contributed by atoms with Gasteiger partial charge in [-0.2, -0.15) is 0 Å². The Labute approximate surface area is 180 Å². The number of methoxy groups -OCH3 is 1. The molecule has 8 heteroatoms. The fourth-order valence-corrected chi connectivity index (χ4v) is 4.00. The molecule has 0 bridgehead atoms. The Morgan fingerprint density at radius 1 is 1.26 bits per heavy atom. The summed E-state index contributed by atoms with van der Waals surface area (Å²) in [7, 11) is 3.54. The molecule has 1 aromatic heterocycles. The topological polar surface area (TPSA) is 82.6 Å². The van der Waals surface area contributed by atoms with Crippen LogP contribution >= 0.6 is 0 Å². The molecule has 31 heavy (non-hydrogen) atoms. The van der Waals surface area contributed by atoms with Gasteiger partial charge >= 0.3 is 0 Å². The third kappa shape index (κ3) is 4.54. The molecule has 4 rings (SSSR count). The van der Waals surface area contributed by atoms with Crippen LogP contribution in [0.2, 0.25) is 0 Å². The number of carbonyl (C=O) groups is 1. The minimum absolute atomic E-state index is 0.0426. The number of nitrogens with zero attached hydrogens (tertiary/aromatic N) is 3. The molecule has 1 fully saturated rings. The highest BCUT2D eigenvalue weighted by molar-refractivity contribution is 5.92. The summed E-state index contributed by atoms with van der Waals surface area (Å²) in [6, 6.07) is 11.7. The first-order chi connectivity index (χ1) is 14.9. The predicted octanol–water partition coefficient (Wildman–Crippen LogP) is 3.80. The monoisotopic (exact) mass is 424 g/mol. The zero-order valence-corrected chi connectivity index (χ0v) is 17.5. The Balaban J connectivity index is 1.44. The second-order valence-electron chi connectivity index (χ2n) is 7.65. The van der Waals surface area contributed by atoms with Gasteiger partial charge in [0, 0.05) is 31.4 Å². The zero-order chi connectivity index (χ0) is 22.0. The number of nitrogens with two attached hydrogens (primary N) is 1. The number of rotatable bonds is 7. The number of hydrogen-bond acceptors (Lipinski definition) is 5. The van der Waals surface area contributed by atoms with E-state index < -0.39 is 11.7 Å². The minimum Gasteiger partial charge on any atom is -0.480 e. The summed E-state index contributed by atoms with van der Waals surface area (Å²) >= 11 is 0. The first-order valence-electron chi connectivity index (χ1n) is 10.1. The van der Waals surface area contributed by atoms with Crippen molar-refractivity contribution in [3.8, 4) is 17.4 Å². The highest BCUT2D eigenvalue weighted by Gasteiger charge is 2.30. The summed E-state index contributed by atoms with van der Waals surface area (Å²) in [6.45, 7) is 1.78. The van der Waals surface area contributed by atoms with Crippen LogP contribution in [-0.2, 0) is 13.6 Å². The van der Waals surface area contributed by atoms with E-state index in [1.54, 1.807) is 11.8 Å². The first-order valence-corrected chi connectivity index (χ1v) is 10.1. The lowest BCUT2D eigenvalue weighted by Crippen LogP contribution is -2.22. The fraction of sp³-hybridized carbons (Fsp3) is 0.304. The Bertz CT molecular complexity index is 1080. The summed E-state index contributed by atoms with van der Waals surface area (Å²) in [5.41, 5.74) is 7.51. The van der Waals surface area contributed by atoms with E-state index in [0.29, 0.717) is 11.6 Å². The summed E-state index contributed by atoms with van der Waals surface area (Å²) in [4.78, 5) is 13.6. The molecule has 3 aromatic rings. The molecule has 2 N–H and O–H groups in total. The molecule has 0 saturated carbocycles. The number of carbonyl (C=O) groups excluding carboxylic acids is 1. The number of ether oxygens (including phenoxy) is 2. The number of benzene rings is 2. The second-order valence-corrected chi connectivity index (χ2v) is 7.65. The van der Waals surface area contributed by atoms with Crippen molar-refractivity contribution in [3.05, 3.63) is 71.2 Å². The maximum absolute atomic E-state index is 14.2. The van der Waals surface area contributed by atoms with E-state index in [4.69, 9.17) is 15.2 Å². The quantitative estimate of drug-likeness (QED) is 0.624. The highest BCUT2D eigenvalue weighted by Crippen LogP contribution is 2.37. The Morgan fingerprint density at radius 3 is 2.71 bits per heavy atom. The zero-order valence-electron chi connectivity index (χ0n) is 17.5. The average Bonchev–Trinajstić information content (AvgIpc) is 3.36. The normalized spacial score (nSPS) is 16.4. The number of halogens is 1. The van der Waals surface area contributed by atoms with Crippen LogP contribution in [0.15, 0.2) is 48.7 Å². The standard InChI is InChI=1S/C23H25FN4O3/c1-27-14-18(23(26-27)30-2)20-4-3-11-28(20)13-15-5-8-17(9-6-15)31-21-10-7-16(22(25)29)12-19(21)24/h5-10,12,14,20H,3-4,11,13H2,1-2H3,(H2,25,29)/t20-/m1/s1. The number of amides is 1. The van der Waals surface area contributed by atoms with Crippen molar-refractivity contribution < 1.29 is 18.7 Å². The van der Waals surface area contributed by atoms with Crippen molar-refractivity contribution in [3.63, 3.8) is 0 Å². The molecule has 0 spiro atoms. The summed E-state index contributed by atoms with van der Waals surface area (Å²) in [5, 5.41) is 4.38. The molecule has 2 aromatic carbocycles. The van der Waals surface area contributed by atoms with E-state index in [1.807, 2.05) is 37.5 Å². The van der Waals surface area contributed by atoms with Crippen LogP contribution < -0.4 is 15.2 Å². The largest absolute Gasteiger partial charge is 0.480 e. The van der Waals surface area contributed by atoms with E-state index in [1.165, 1.54) is 12.1 Å². The van der Waals surface area contributed by atoms with Gasteiger partial charge in [-0.1, -0.05) is 12.1 Å². The fourth-order valence-electron chi connectivity index (χ4n) is 4.00. The van der Waals surface area contributed by atoms with Crippen LogP contribution in [0.3, 0.4) is 0 Å². The lowest BCUT2D eigenvalue weighted by molar-refractivity contribution is 0.1000. The maximum atomic E-state index is 14.2. The SMILES string of the molecule is COc1nn(C)cc1[C@H]1CCCN1Cc1ccc(Oc2ccc(C(N)=O)cc2F)cc1. The third-order valence-corrected chi connectivity index (χ3v) is 5.49. The van der Waals surface area contributed by atoms with E-state index >= 15 is 0 Å². The maximum Gasteiger partial charge on any atom is 0.248 e.